The maximum absolute atomic E-state index is 12.9. The van der Waals surface area contributed by atoms with Crippen LogP contribution in [-0.2, 0) is 20.1 Å². The van der Waals surface area contributed by atoms with Crippen LogP contribution >= 0.6 is 0 Å². The lowest BCUT2D eigenvalue weighted by Gasteiger charge is -2.22. The number of amides is 1. The van der Waals surface area contributed by atoms with E-state index in [0.29, 0.717) is 11.3 Å². The molecule has 0 saturated heterocycles. The van der Waals surface area contributed by atoms with Gasteiger partial charge in [0.25, 0.3) is 11.5 Å². The largest absolute Gasteiger partial charge is 0.508 e. The summed E-state index contributed by atoms with van der Waals surface area (Å²) in [5.74, 6) is 0.344. The quantitative estimate of drug-likeness (QED) is 0.767. The third kappa shape index (κ3) is 3.77. The maximum Gasteiger partial charge on any atom is 0.275 e. The Morgan fingerprint density at radius 3 is 2.64 bits per heavy atom. The molecule has 2 heterocycles. The van der Waals surface area contributed by atoms with E-state index in [1.54, 1.807) is 36.4 Å². The lowest BCUT2D eigenvalue weighted by molar-refractivity contribution is 0.0708. The third-order valence-electron chi connectivity index (χ3n) is 3.75. The fraction of sp³-hybridized carbons (Fsp3) is 0.167. The van der Waals surface area contributed by atoms with Gasteiger partial charge >= 0.3 is 0 Å². The van der Waals surface area contributed by atoms with Gasteiger partial charge in [-0.25, -0.2) is 4.68 Å². The van der Waals surface area contributed by atoms with Crippen molar-refractivity contribution in [2.75, 3.05) is 0 Å². The van der Waals surface area contributed by atoms with Crippen LogP contribution in [-0.4, -0.2) is 25.7 Å². The Bertz CT molecular complexity index is 931. The Morgan fingerprint density at radius 1 is 1.16 bits per heavy atom. The predicted molar refractivity (Wildman–Crippen MR) is 89.9 cm³/mol. The van der Waals surface area contributed by atoms with Gasteiger partial charge < -0.3 is 14.4 Å². The highest BCUT2D eigenvalue weighted by atomic mass is 16.3. The average molecular weight is 339 g/mol. The van der Waals surface area contributed by atoms with Crippen LogP contribution in [0.25, 0.3) is 0 Å². The van der Waals surface area contributed by atoms with Crippen LogP contribution in [0.5, 0.6) is 5.75 Å². The summed E-state index contributed by atoms with van der Waals surface area (Å²) in [6, 6.07) is 13.0. The van der Waals surface area contributed by atoms with Crippen LogP contribution in [0, 0.1) is 0 Å². The van der Waals surface area contributed by atoms with Crippen LogP contribution in [0.4, 0.5) is 0 Å². The number of rotatable bonds is 5. The number of phenols is 1. The highest BCUT2D eigenvalue weighted by Gasteiger charge is 2.20. The Balaban J connectivity index is 1.92. The number of aromatic nitrogens is 2. The van der Waals surface area contributed by atoms with E-state index in [1.807, 2.05) is 0 Å². The van der Waals surface area contributed by atoms with Crippen molar-refractivity contribution in [2.24, 2.45) is 7.05 Å². The minimum absolute atomic E-state index is 0.105. The molecule has 1 amide bonds. The summed E-state index contributed by atoms with van der Waals surface area (Å²) in [6.45, 7) is 0.390. The van der Waals surface area contributed by atoms with Crippen LogP contribution in [0.1, 0.15) is 21.8 Å². The molecule has 3 rings (SSSR count). The van der Waals surface area contributed by atoms with Gasteiger partial charge in [0.1, 0.15) is 17.2 Å². The summed E-state index contributed by atoms with van der Waals surface area (Å²) in [4.78, 5) is 25.9. The first-order chi connectivity index (χ1) is 12.0. The van der Waals surface area contributed by atoms with E-state index in [0.717, 1.165) is 4.68 Å². The number of benzene rings is 1. The molecule has 0 fully saturated rings. The predicted octanol–water partition coefficient (Wildman–Crippen LogP) is 1.92. The van der Waals surface area contributed by atoms with Gasteiger partial charge in [-0.1, -0.05) is 18.2 Å². The van der Waals surface area contributed by atoms with E-state index >= 15 is 0 Å². The van der Waals surface area contributed by atoms with Crippen molar-refractivity contribution in [3.8, 4) is 5.75 Å². The summed E-state index contributed by atoms with van der Waals surface area (Å²) < 4.78 is 6.44. The third-order valence-corrected chi connectivity index (χ3v) is 3.75. The molecule has 0 unspecified atom stereocenters. The lowest BCUT2D eigenvalue weighted by Crippen LogP contribution is -2.32. The molecule has 0 aliphatic rings. The van der Waals surface area contributed by atoms with Crippen molar-refractivity contribution < 1.29 is 14.3 Å². The Labute approximate surface area is 143 Å². The molecule has 128 valence electrons. The monoisotopic (exact) mass is 339 g/mol. The lowest BCUT2D eigenvalue weighted by atomic mass is 10.1. The highest BCUT2D eigenvalue weighted by molar-refractivity contribution is 5.92. The number of phenolic OH excluding ortho intramolecular Hbond substituents is 1. The summed E-state index contributed by atoms with van der Waals surface area (Å²) in [7, 11) is 1.49. The van der Waals surface area contributed by atoms with Crippen molar-refractivity contribution in [3.63, 3.8) is 0 Å². The average Bonchev–Trinajstić information content (AvgIpc) is 3.11. The number of furan rings is 1. The van der Waals surface area contributed by atoms with Crippen molar-refractivity contribution in [1.82, 2.24) is 14.7 Å². The minimum Gasteiger partial charge on any atom is -0.508 e. The molecule has 0 aliphatic carbocycles. The normalized spacial score (nSPS) is 10.6. The summed E-state index contributed by atoms with van der Waals surface area (Å²) in [5.41, 5.74) is 0.450. The number of nitrogens with zero attached hydrogens (tertiary/aromatic N) is 3. The van der Waals surface area contributed by atoms with Gasteiger partial charge in [-0.2, -0.15) is 5.10 Å². The smallest absolute Gasteiger partial charge is 0.275 e. The first-order valence-corrected chi connectivity index (χ1v) is 7.67. The van der Waals surface area contributed by atoms with E-state index in [1.165, 1.54) is 30.3 Å². The second-order valence-electron chi connectivity index (χ2n) is 5.55. The van der Waals surface area contributed by atoms with Crippen molar-refractivity contribution in [2.45, 2.75) is 13.1 Å². The summed E-state index contributed by atoms with van der Waals surface area (Å²) >= 11 is 0. The molecule has 0 saturated carbocycles. The number of carbonyl (C=O) groups is 1. The van der Waals surface area contributed by atoms with Crippen LogP contribution in [0.3, 0.4) is 0 Å². The van der Waals surface area contributed by atoms with Crippen LogP contribution in [0.15, 0.2) is 64.0 Å². The zero-order valence-corrected chi connectivity index (χ0v) is 13.6. The first-order valence-electron chi connectivity index (χ1n) is 7.67. The van der Waals surface area contributed by atoms with Gasteiger partial charge in [0.05, 0.1) is 19.4 Å². The molecular weight excluding hydrogens is 322 g/mol. The van der Waals surface area contributed by atoms with Crippen molar-refractivity contribution in [1.29, 1.82) is 0 Å². The van der Waals surface area contributed by atoms with E-state index in [4.69, 9.17) is 4.42 Å². The van der Waals surface area contributed by atoms with Gasteiger partial charge in [0.2, 0.25) is 0 Å². The molecule has 25 heavy (non-hydrogen) atoms. The van der Waals surface area contributed by atoms with Crippen LogP contribution < -0.4 is 5.56 Å². The SMILES string of the molecule is Cn1nc(C(=O)N(Cc2ccco2)Cc2ccccc2O)ccc1=O. The number of aromatic hydroxyl groups is 1. The molecule has 1 aromatic carbocycles. The van der Waals surface area contributed by atoms with Crippen molar-refractivity contribution in [3.05, 3.63) is 82.2 Å². The van der Waals surface area contributed by atoms with E-state index in [9.17, 15) is 14.7 Å². The molecule has 2 aromatic heterocycles. The summed E-state index contributed by atoms with van der Waals surface area (Å²) in [6.07, 6.45) is 1.53. The van der Waals surface area contributed by atoms with Gasteiger partial charge in [-0.15, -0.1) is 0 Å². The number of para-hydroxylation sites is 1. The highest BCUT2D eigenvalue weighted by Crippen LogP contribution is 2.20. The second-order valence-corrected chi connectivity index (χ2v) is 5.55. The summed E-state index contributed by atoms with van der Waals surface area (Å²) in [5, 5.41) is 14.0. The van der Waals surface area contributed by atoms with Gasteiger partial charge in [-0.05, 0) is 24.3 Å². The number of hydrogen-bond donors (Lipinski definition) is 1. The molecule has 1 N–H and O–H groups in total. The van der Waals surface area contributed by atoms with Gasteiger partial charge in [-0.3, -0.25) is 9.59 Å². The fourth-order valence-electron chi connectivity index (χ4n) is 2.42. The molecule has 0 aliphatic heterocycles. The number of hydrogen-bond acceptors (Lipinski definition) is 5. The Morgan fingerprint density at radius 2 is 1.96 bits per heavy atom. The maximum atomic E-state index is 12.9. The first kappa shape index (κ1) is 16.5. The van der Waals surface area contributed by atoms with Crippen LogP contribution in [0.2, 0.25) is 0 Å². The fourth-order valence-corrected chi connectivity index (χ4v) is 2.42. The molecule has 0 atom stereocenters. The second kappa shape index (κ2) is 7.04. The van der Waals surface area contributed by atoms with E-state index in [2.05, 4.69) is 5.10 Å². The number of carbonyl (C=O) groups excluding carboxylic acids is 1. The molecule has 0 bridgehead atoms. The molecule has 7 heteroatoms. The van der Waals surface area contributed by atoms with E-state index < -0.39 is 0 Å². The number of aryl methyl sites for hydroxylation is 1. The van der Waals surface area contributed by atoms with Gasteiger partial charge in [0, 0.05) is 18.7 Å². The molecule has 0 radical (unpaired) electrons. The zero-order chi connectivity index (χ0) is 17.8. The molecule has 7 nitrogen and oxygen atoms in total. The zero-order valence-electron chi connectivity index (χ0n) is 13.6. The Kier molecular flexibility index (Phi) is 4.65. The molecular formula is C18H17N3O4. The molecule has 0 spiro atoms. The van der Waals surface area contributed by atoms with E-state index in [-0.39, 0.29) is 36.0 Å². The van der Waals surface area contributed by atoms with Gasteiger partial charge in [0.15, 0.2) is 0 Å². The minimum atomic E-state index is -0.366. The Hall–Kier alpha value is -3.35. The standard InChI is InChI=1S/C18H17N3O4/c1-20-17(23)9-8-15(19-20)18(24)21(12-14-6-4-10-25-14)11-13-5-2-3-7-16(13)22/h2-10,22H,11-12H2,1H3. The van der Waals surface area contributed by atoms with Crippen molar-refractivity contribution >= 4 is 5.91 Å². The topological polar surface area (TPSA) is 88.6 Å². The molecule has 3 aromatic rings.